The molecule has 1 aliphatic rings. The Bertz CT molecular complexity index is 130. The summed E-state index contributed by atoms with van der Waals surface area (Å²) in [6.45, 7) is 3.86. The Morgan fingerprint density at radius 3 is 2.50 bits per heavy atom. The van der Waals surface area contributed by atoms with E-state index in [2.05, 4.69) is 4.72 Å². The number of hydrogen-bond donors (Lipinski definition) is 2. The van der Waals surface area contributed by atoms with E-state index in [0.717, 1.165) is 0 Å². The average Bonchev–Trinajstić information content (AvgIpc) is 1.86. The Balaban J connectivity index is 2.73. The smallest absolute Gasteiger partial charge is 0.120 e. The fourth-order valence-corrected chi connectivity index (χ4v) is 1.30. The van der Waals surface area contributed by atoms with Crippen LogP contribution in [0.15, 0.2) is 11.2 Å². The van der Waals surface area contributed by atoms with Crippen molar-refractivity contribution in [1.29, 1.82) is 0 Å². The maximum Gasteiger partial charge on any atom is 0.120 e. The van der Waals surface area contributed by atoms with Gasteiger partial charge in [-0.1, -0.05) is 0 Å². The molecule has 0 atom stereocenters. The normalized spacial score (nSPS) is 25.5. The topological polar surface area (TPSA) is 32.3 Å². The predicted octanol–water partition coefficient (Wildman–Crippen LogP) is 1.42. The molecule has 0 aromatic rings. The standard InChI is InChI=1S/C5H9NOS/c1-5(2)4(7)3-8-6-5/h3,6-7H,1-2H3. The van der Waals surface area contributed by atoms with E-state index in [1.54, 1.807) is 5.41 Å². The monoisotopic (exact) mass is 131 g/mol. The summed E-state index contributed by atoms with van der Waals surface area (Å²) in [5, 5.41) is 10.7. The molecule has 0 spiro atoms. The number of aliphatic hydroxyl groups excluding tert-OH is 1. The highest BCUT2D eigenvalue weighted by molar-refractivity contribution is 8.00. The molecular weight excluding hydrogens is 122 g/mol. The van der Waals surface area contributed by atoms with Gasteiger partial charge in [0.2, 0.25) is 0 Å². The molecule has 1 rings (SSSR count). The van der Waals surface area contributed by atoms with Crippen LogP contribution in [-0.4, -0.2) is 10.6 Å². The first-order chi connectivity index (χ1) is 3.63. The fraction of sp³-hybridized carbons (Fsp3) is 0.600. The minimum absolute atomic E-state index is 0.218. The number of rotatable bonds is 0. The third kappa shape index (κ3) is 0.833. The summed E-state index contributed by atoms with van der Waals surface area (Å²) in [4.78, 5) is 0. The van der Waals surface area contributed by atoms with Crippen molar-refractivity contribution in [2.24, 2.45) is 0 Å². The first-order valence-electron chi connectivity index (χ1n) is 2.45. The summed E-state index contributed by atoms with van der Waals surface area (Å²) in [6, 6.07) is 0. The molecule has 0 unspecified atom stereocenters. The molecule has 3 heteroatoms. The summed E-state index contributed by atoms with van der Waals surface area (Å²) in [7, 11) is 0. The number of hydrogen-bond acceptors (Lipinski definition) is 3. The third-order valence-electron chi connectivity index (χ3n) is 1.12. The van der Waals surface area contributed by atoms with E-state index in [0.29, 0.717) is 5.76 Å². The summed E-state index contributed by atoms with van der Waals surface area (Å²) in [5.74, 6) is 0.419. The number of nitrogens with one attached hydrogen (secondary N) is 1. The second kappa shape index (κ2) is 1.67. The van der Waals surface area contributed by atoms with Gasteiger partial charge in [-0.2, -0.15) is 0 Å². The molecule has 2 nitrogen and oxygen atoms in total. The van der Waals surface area contributed by atoms with Crippen LogP contribution in [0, 0.1) is 0 Å². The zero-order valence-corrected chi connectivity index (χ0v) is 5.75. The van der Waals surface area contributed by atoms with Crippen molar-refractivity contribution in [2.45, 2.75) is 19.4 Å². The van der Waals surface area contributed by atoms with Gasteiger partial charge in [-0.25, -0.2) is 4.72 Å². The lowest BCUT2D eigenvalue weighted by Crippen LogP contribution is -2.31. The highest BCUT2D eigenvalue weighted by Gasteiger charge is 2.26. The van der Waals surface area contributed by atoms with Gasteiger partial charge >= 0.3 is 0 Å². The predicted molar refractivity (Wildman–Crippen MR) is 35.5 cm³/mol. The zero-order chi connectivity index (χ0) is 6.20. The quantitative estimate of drug-likeness (QED) is 0.487. The summed E-state index contributed by atoms with van der Waals surface area (Å²) < 4.78 is 3.02. The van der Waals surface area contributed by atoms with Crippen molar-refractivity contribution in [1.82, 2.24) is 4.72 Å². The second-order valence-electron chi connectivity index (χ2n) is 2.35. The van der Waals surface area contributed by atoms with Gasteiger partial charge in [0.25, 0.3) is 0 Å². The lowest BCUT2D eigenvalue weighted by molar-refractivity contribution is 0.318. The van der Waals surface area contributed by atoms with E-state index >= 15 is 0 Å². The minimum Gasteiger partial charge on any atom is -0.510 e. The Morgan fingerprint density at radius 1 is 1.75 bits per heavy atom. The van der Waals surface area contributed by atoms with E-state index < -0.39 is 0 Å². The summed E-state index contributed by atoms with van der Waals surface area (Å²) >= 11 is 1.43. The van der Waals surface area contributed by atoms with Gasteiger partial charge < -0.3 is 5.11 Å². The molecule has 0 saturated heterocycles. The number of aliphatic hydroxyl groups is 1. The Labute approximate surface area is 53.1 Å². The molecule has 0 bridgehead atoms. The third-order valence-corrected chi connectivity index (χ3v) is 2.09. The van der Waals surface area contributed by atoms with Gasteiger partial charge in [0.1, 0.15) is 5.76 Å². The first-order valence-corrected chi connectivity index (χ1v) is 3.33. The van der Waals surface area contributed by atoms with Crippen molar-refractivity contribution in [3.63, 3.8) is 0 Å². The zero-order valence-electron chi connectivity index (χ0n) is 4.93. The van der Waals surface area contributed by atoms with Gasteiger partial charge in [-0.05, 0) is 25.8 Å². The van der Waals surface area contributed by atoms with Gasteiger partial charge in [-0.15, -0.1) is 0 Å². The van der Waals surface area contributed by atoms with Crippen LogP contribution in [0.3, 0.4) is 0 Å². The second-order valence-corrected chi connectivity index (χ2v) is 3.02. The molecule has 1 aliphatic heterocycles. The van der Waals surface area contributed by atoms with Gasteiger partial charge in [0, 0.05) is 5.41 Å². The molecular formula is C5H9NOS. The molecule has 0 fully saturated rings. The molecule has 0 aromatic carbocycles. The molecule has 2 N–H and O–H groups in total. The van der Waals surface area contributed by atoms with Gasteiger partial charge in [-0.3, -0.25) is 0 Å². The van der Waals surface area contributed by atoms with Crippen molar-refractivity contribution >= 4 is 11.9 Å². The van der Waals surface area contributed by atoms with Crippen LogP contribution in [0.25, 0.3) is 0 Å². The maximum absolute atomic E-state index is 9.03. The van der Waals surface area contributed by atoms with Crippen molar-refractivity contribution in [2.75, 3.05) is 0 Å². The van der Waals surface area contributed by atoms with Crippen LogP contribution in [0.2, 0.25) is 0 Å². The first kappa shape index (κ1) is 5.98. The largest absolute Gasteiger partial charge is 0.510 e. The molecule has 0 saturated carbocycles. The lowest BCUT2D eigenvalue weighted by Gasteiger charge is -2.16. The van der Waals surface area contributed by atoms with E-state index in [4.69, 9.17) is 5.11 Å². The molecule has 0 amide bonds. The van der Waals surface area contributed by atoms with Crippen LogP contribution in [0.5, 0.6) is 0 Å². The van der Waals surface area contributed by atoms with Crippen LogP contribution in [0.4, 0.5) is 0 Å². The summed E-state index contributed by atoms with van der Waals surface area (Å²) in [5.41, 5.74) is -0.218. The molecule has 0 aliphatic carbocycles. The molecule has 46 valence electrons. The molecule has 8 heavy (non-hydrogen) atoms. The van der Waals surface area contributed by atoms with Crippen LogP contribution in [0.1, 0.15) is 13.8 Å². The van der Waals surface area contributed by atoms with Gasteiger partial charge in [0.15, 0.2) is 0 Å². The van der Waals surface area contributed by atoms with E-state index in [-0.39, 0.29) is 5.54 Å². The van der Waals surface area contributed by atoms with E-state index in [9.17, 15) is 0 Å². The molecule has 0 radical (unpaired) electrons. The minimum atomic E-state index is -0.218. The van der Waals surface area contributed by atoms with Crippen molar-refractivity contribution < 1.29 is 5.11 Å². The van der Waals surface area contributed by atoms with E-state index in [1.165, 1.54) is 11.9 Å². The van der Waals surface area contributed by atoms with Crippen LogP contribution < -0.4 is 4.72 Å². The Morgan fingerprint density at radius 2 is 2.38 bits per heavy atom. The van der Waals surface area contributed by atoms with Crippen LogP contribution in [-0.2, 0) is 0 Å². The molecule has 1 heterocycles. The van der Waals surface area contributed by atoms with Crippen LogP contribution >= 0.6 is 11.9 Å². The Hall–Kier alpha value is -0.150. The SMILES string of the molecule is CC1(C)NSC=C1O. The van der Waals surface area contributed by atoms with Crippen molar-refractivity contribution in [3.05, 3.63) is 11.2 Å². The fourth-order valence-electron chi connectivity index (χ4n) is 0.432. The van der Waals surface area contributed by atoms with Gasteiger partial charge in [0.05, 0.1) is 5.54 Å². The lowest BCUT2D eigenvalue weighted by atomic mass is 10.1. The maximum atomic E-state index is 9.03. The highest BCUT2D eigenvalue weighted by Crippen LogP contribution is 2.25. The molecule has 0 aromatic heterocycles. The van der Waals surface area contributed by atoms with Crippen molar-refractivity contribution in [3.8, 4) is 0 Å². The summed E-state index contributed by atoms with van der Waals surface area (Å²) in [6.07, 6.45) is 0. The average molecular weight is 131 g/mol. The Kier molecular flexibility index (Phi) is 1.25. The van der Waals surface area contributed by atoms with E-state index in [1.807, 2.05) is 13.8 Å². The highest BCUT2D eigenvalue weighted by atomic mass is 32.2.